The van der Waals surface area contributed by atoms with Crippen molar-refractivity contribution in [2.75, 3.05) is 40.5 Å². The molecule has 0 heterocycles. The normalized spacial score (nSPS) is 9.50. The third kappa shape index (κ3) is 5.92. The topological polar surface area (TPSA) is 52.7 Å². The molecule has 0 saturated heterocycles. The van der Waals surface area contributed by atoms with Crippen LogP contribution >= 0.6 is 24.0 Å². The summed E-state index contributed by atoms with van der Waals surface area (Å²) < 4.78 is 0.654. The molecule has 0 aromatic heterocycles. The first kappa shape index (κ1) is 15.2. The molecule has 0 bridgehead atoms. The van der Waals surface area contributed by atoms with E-state index in [1.165, 1.54) is 23.7 Å². The fourth-order valence-electron chi connectivity index (χ4n) is 0.745. The highest BCUT2D eigenvalue weighted by Gasteiger charge is 2.13. The molecule has 0 fully saturated rings. The molecular weight excluding hydrogens is 246 g/mol. The van der Waals surface area contributed by atoms with Crippen LogP contribution in [0.5, 0.6) is 0 Å². The molecule has 0 spiro atoms. The summed E-state index contributed by atoms with van der Waals surface area (Å²) in [4.78, 5) is 25.7. The fraction of sp³-hybridized carbons (Fsp3) is 0.667. The van der Waals surface area contributed by atoms with E-state index in [2.05, 4.69) is 5.32 Å². The number of thioether (sulfide) groups is 1. The molecule has 16 heavy (non-hydrogen) atoms. The minimum Gasteiger partial charge on any atom is -0.364 e. The van der Waals surface area contributed by atoms with Crippen LogP contribution in [0.2, 0.25) is 0 Å². The summed E-state index contributed by atoms with van der Waals surface area (Å²) >= 11 is 6.32. The van der Waals surface area contributed by atoms with Crippen LogP contribution in [0.3, 0.4) is 0 Å². The van der Waals surface area contributed by atoms with Gasteiger partial charge in [0.1, 0.15) is 4.32 Å². The molecule has 0 saturated carbocycles. The van der Waals surface area contributed by atoms with Gasteiger partial charge in [-0.3, -0.25) is 9.59 Å². The van der Waals surface area contributed by atoms with Crippen LogP contribution in [0.15, 0.2) is 0 Å². The van der Waals surface area contributed by atoms with Crippen LogP contribution < -0.4 is 5.32 Å². The summed E-state index contributed by atoms with van der Waals surface area (Å²) in [6, 6.07) is 0. The molecular formula is C9H17N3O2S2. The summed E-state index contributed by atoms with van der Waals surface area (Å²) in [5.41, 5.74) is 0. The van der Waals surface area contributed by atoms with Gasteiger partial charge in [-0.15, -0.1) is 0 Å². The SMILES string of the molecule is CNC(=O)CN(C)C(=O)CSC(=S)N(C)C. The van der Waals surface area contributed by atoms with Crippen molar-refractivity contribution >= 4 is 40.1 Å². The Bertz CT molecular complexity index is 282. The molecule has 2 amide bonds. The lowest BCUT2D eigenvalue weighted by Crippen LogP contribution is -2.38. The Labute approximate surface area is 106 Å². The van der Waals surface area contributed by atoms with Gasteiger partial charge in [-0.1, -0.05) is 24.0 Å². The number of likely N-dealkylation sites (N-methyl/N-ethyl adjacent to an activating group) is 2. The van der Waals surface area contributed by atoms with E-state index in [0.717, 1.165) is 0 Å². The Morgan fingerprint density at radius 3 is 2.31 bits per heavy atom. The molecule has 0 rings (SSSR count). The highest BCUT2D eigenvalue weighted by molar-refractivity contribution is 8.23. The maximum absolute atomic E-state index is 11.6. The van der Waals surface area contributed by atoms with Crippen molar-refractivity contribution in [3.8, 4) is 0 Å². The summed E-state index contributed by atoms with van der Waals surface area (Å²) in [6.45, 7) is 0.0740. The predicted molar refractivity (Wildman–Crippen MR) is 70.4 cm³/mol. The lowest BCUT2D eigenvalue weighted by Gasteiger charge is -2.17. The molecule has 7 heteroatoms. The number of nitrogens with one attached hydrogen (secondary N) is 1. The number of rotatable bonds is 4. The van der Waals surface area contributed by atoms with E-state index in [-0.39, 0.29) is 24.1 Å². The minimum absolute atomic E-state index is 0.0740. The van der Waals surface area contributed by atoms with Gasteiger partial charge in [0.2, 0.25) is 11.8 Å². The molecule has 0 aliphatic carbocycles. The Balaban J connectivity index is 3.97. The largest absolute Gasteiger partial charge is 0.364 e. The van der Waals surface area contributed by atoms with Gasteiger partial charge in [0.25, 0.3) is 0 Å². The van der Waals surface area contributed by atoms with E-state index in [0.29, 0.717) is 4.32 Å². The average Bonchev–Trinajstić information content (AvgIpc) is 2.24. The van der Waals surface area contributed by atoms with Gasteiger partial charge in [0, 0.05) is 28.2 Å². The number of nitrogens with zero attached hydrogens (tertiary/aromatic N) is 2. The zero-order valence-electron chi connectivity index (χ0n) is 9.94. The first-order valence-electron chi connectivity index (χ1n) is 4.67. The smallest absolute Gasteiger partial charge is 0.239 e. The van der Waals surface area contributed by atoms with Crippen molar-refractivity contribution in [3.63, 3.8) is 0 Å². The molecule has 0 aromatic carbocycles. The maximum atomic E-state index is 11.6. The van der Waals surface area contributed by atoms with Crippen LogP contribution in [0, 0.1) is 0 Å². The first-order chi connectivity index (χ1) is 7.38. The van der Waals surface area contributed by atoms with Gasteiger partial charge < -0.3 is 15.1 Å². The molecule has 0 atom stereocenters. The van der Waals surface area contributed by atoms with Gasteiger partial charge in [-0.2, -0.15) is 0 Å². The standard InChI is InChI=1S/C9H17N3O2S2/c1-10-7(13)5-12(4)8(14)6-16-9(15)11(2)3/h5-6H2,1-4H3,(H,10,13). The van der Waals surface area contributed by atoms with Crippen LogP contribution in [-0.2, 0) is 9.59 Å². The maximum Gasteiger partial charge on any atom is 0.239 e. The Morgan fingerprint density at radius 1 is 1.31 bits per heavy atom. The molecule has 5 nitrogen and oxygen atoms in total. The zero-order valence-corrected chi connectivity index (χ0v) is 11.6. The molecule has 0 radical (unpaired) electrons. The van der Waals surface area contributed by atoms with Gasteiger partial charge >= 0.3 is 0 Å². The van der Waals surface area contributed by atoms with Crippen molar-refractivity contribution in [1.29, 1.82) is 0 Å². The van der Waals surface area contributed by atoms with Gasteiger partial charge in [0.15, 0.2) is 0 Å². The second-order valence-electron chi connectivity index (χ2n) is 3.37. The minimum atomic E-state index is -0.184. The van der Waals surface area contributed by atoms with E-state index in [1.807, 2.05) is 14.1 Å². The predicted octanol–water partition coefficient (Wildman–Crippen LogP) is -0.229. The number of carbonyl (C=O) groups excluding carboxylic acids is 2. The van der Waals surface area contributed by atoms with Gasteiger partial charge in [0.05, 0.1) is 12.3 Å². The lowest BCUT2D eigenvalue weighted by molar-refractivity contribution is -0.132. The number of hydrogen-bond acceptors (Lipinski definition) is 4. The van der Waals surface area contributed by atoms with Crippen molar-refractivity contribution in [1.82, 2.24) is 15.1 Å². The lowest BCUT2D eigenvalue weighted by atomic mass is 10.5. The Morgan fingerprint density at radius 2 is 1.88 bits per heavy atom. The highest BCUT2D eigenvalue weighted by atomic mass is 32.2. The molecule has 1 N–H and O–H groups in total. The Hall–Kier alpha value is -0.820. The third-order valence-corrected chi connectivity index (χ3v) is 3.49. The van der Waals surface area contributed by atoms with Crippen LogP contribution in [0.25, 0.3) is 0 Å². The van der Waals surface area contributed by atoms with Crippen molar-refractivity contribution in [2.45, 2.75) is 0 Å². The van der Waals surface area contributed by atoms with Crippen LogP contribution in [0.1, 0.15) is 0 Å². The first-order valence-corrected chi connectivity index (χ1v) is 6.06. The van der Waals surface area contributed by atoms with E-state index >= 15 is 0 Å². The second kappa shape index (κ2) is 7.45. The number of amides is 2. The molecule has 0 aliphatic heterocycles. The monoisotopic (exact) mass is 263 g/mol. The quantitative estimate of drug-likeness (QED) is 0.710. The van der Waals surface area contributed by atoms with Crippen molar-refractivity contribution in [3.05, 3.63) is 0 Å². The average molecular weight is 263 g/mol. The fourth-order valence-corrected chi connectivity index (χ4v) is 1.65. The van der Waals surface area contributed by atoms with E-state index in [9.17, 15) is 9.59 Å². The Kier molecular flexibility index (Phi) is 7.07. The molecule has 92 valence electrons. The summed E-state index contributed by atoms with van der Waals surface area (Å²) in [5.74, 6) is -0.0429. The second-order valence-corrected chi connectivity index (χ2v) is 4.98. The van der Waals surface area contributed by atoms with E-state index in [4.69, 9.17) is 12.2 Å². The van der Waals surface area contributed by atoms with Crippen LogP contribution in [-0.4, -0.2) is 66.4 Å². The highest BCUT2D eigenvalue weighted by Crippen LogP contribution is 2.07. The van der Waals surface area contributed by atoms with Crippen molar-refractivity contribution in [2.24, 2.45) is 0 Å². The van der Waals surface area contributed by atoms with Gasteiger partial charge in [-0.25, -0.2) is 0 Å². The molecule has 0 unspecified atom stereocenters. The molecule has 0 aliphatic rings. The van der Waals surface area contributed by atoms with Gasteiger partial charge in [-0.05, 0) is 0 Å². The van der Waals surface area contributed by atoms with E-state index < -0.39 is 0 Å². The van der Waals surface area contributed by atoms with Crippen molar-refractivity contribution < 1.29 is 9.59 Å². The summed E-state index contributed by atoms with van der Waals surface area (Å²) in [5, 5.41) is 2.46. The summed E-state index contributed by atoms with van der Waals surface area (Å²) in [7, 11) is 6.79. The number of carbonyl (C=O) groups is 2. The zero-order chi connectivity index (χ0) is 12.7. The van der Waals surface area contributed by atoms with E-state index in [1.54, 1.807) is 11.9 Å². The van der Waals surface area contributed by atoms with Crippen LogP contribution in [0.4, 0.5) is 0 Å². The molecule has 0 aromatic rings. The number of thiocarbonyl (C=S) groups is 1. The number of hydrogen-bond donors (Lipinski definition) is 1. The third-order valence-electron chi connectivity index (χ3n) is 1.77. The summed E-state index contributed by atoms with van der Waals surface area (Å²) in [6.07, 6.45) is 0.